The van der Waals surface area contributed by atoms with E-state index in [-0.39, 0.29) is 35.5 Å². The third-order valence-electron chi connectivity index (χ3n) is 4.12. The molecule has 1 aromatic carbocycles. The van der Waals surface area contributed by atoms with Crippen LogP contribution < -0.4 is 10.1 Å². The molecule has 0 saturated carbocycles. The molecule has 0 atom stereocenters. The largest absolute Gasteiger partial charge is 0.468 e. The van der Waals surface area contributed by atoms with Crippen LogP contribution >= 0.6 is 0 Å². The summed E-state index contributed by atoms with van der Waals surface area (Å²) < 4.78 is 34.6. The summed E-state index contributed by atoms with van der Waals surface area (Å²) in [5.74, 6) is -2.55. The van der Waals surface area contributed by atoms with E-state index in [1.165, 1.54) is 32.7 Å². The fourth-order valence-electron chi connectivity index (χ4n) is 2.62. The summed E-state index contributed by atoms with van der Waals surface area (Å²) in [6.07, 6.45) is 2.87. The van der Waals surface area contributed by atoms with E-state index in [2.05, 4.69) is 15.5 Å². The lowest BCUT2D eigenvalue weighted by Gasteiger charge is -2.13. The van der Waals surface area contributed by atoms with Gasteiger partial charge in [-0.1, -0.05) is 0 Å². The highest BCUT2D eigenvalue weighted by atomic mass is 19.1. The molecule has 3 aromatic rings. The van der Waals surface area contributed by atoms with Gasteiger partial charge in [-0.15, -0.1) is 0 Å². The predicted octanol–water partition coefficient (Wildman–Crippen LogP) is 2.37. The number of nitrogens with zero attached hydrogens (tertiary/aromatic N) is 5. The zero-order valence-corrected chi connectivity index (χ0v) is 16.6. The molecule has 158 valence electrons. The minimum Gasteiger partial charge on any atom is -0.468 e. The number of benzene rings is 1. The van der Waals surface area contributed by atoms with E-state index in [4.69, 9.17) is 4.74 Å². The fourth-order valence-corrected chi connectivity index (χ4v) is 2.62. The van der Waals surface area contributed by atoms with Gasteiger partial charge in [0.2, 0.25) is 0 Å². The molecule has 9 nitrogen and oxygen atoms in total. The highest BCUT2D eigenvalue weighted by Crippen LogP contribution is 2.19. The van der Waals surface area contributed by atoms with Gasteiger partial charge >= 0.3 is 0 Å². The van der Waals surface area contributed by atoms with Crippen molar-refractivity contribution in [1.82, 2.24) is 24.5 Å². The summed E-state index contributed by atoms with van der Waals surface area (Å²) in [6.45, 7) is 2.10. The summed E-state index contributed by atoms with van der Waals surface area (Å²) in [6, 6.07) is 4.39. The molecular formula is C19H20F2N6O3. The summed E-state index contributed by atoms with van der Waals surface area (Å²) in [4.78, 5) is 26.4. The quantitative estimate of drug-likeness (QED) is 0.636. The van der Waals surface area contributed by atoms with Crippen molar-refractivity contribution >= 4 is 17.5 Å². The molecule has 0 aliphatic heterocycles. The second kappa shape index (κ2) is 8.72. The molecule has 0 saturated heterocycles. The molecule has 3 rings (SSSR count). The summed E-state index contributed by atoms with van der Waals surface area (Å²) in [5, 5.41) is 10.8. The van der Waals surface area contributed by atoms with Crippen molar-refractivity contribution in [3.63, 3.8) is 0 Å². The second-order valence-electron chi connectivity index (χ2n) is 6.46. The Morgan fingerprint density at radius 1 is 1.23 bits per heavy atom. The highest BCUT2D eigenvalue weighted by molar-refractivity contribution is 6.07. The Morgan fingerprint density at radius 2 is 2.00 bits per heavy atom. The molecule has 1 N–H and O–H groups in total. The zero-order chi connectivity index (χ0) is 21.8. The van der Waals surface area contributed by atoms with Crippen LogP contribution in [-0.4, -0.2) is 50.4 Å². The minimum atomic E-state index is -0.842. The molecule has 2 aromatic heterocycles. The van der Waals surface area contributed by atoms with Crippen molar-refractivity contribution in [3.05, 3.63) is 59.7 Å². The van der Waals surface area contributed by atoms with Crippen molar-refractivity contribution in [2.24, 2.45) is 0 Å². The normalized spacial score (nSPS) is 10.7. The molecule has 2 amide bonds. The van der Waals surface area contributed by atoms with Gasteiger partial charge in [-0.2, -0.15) is 10.2 Å². The third kappa shape index (κ3) is 4.45. The van der Waals surface area contributed by atoms with Crippen molar-refractivity contribution < 1.29 is 23.1 Å². The van der Waals surface area contributed by atoms with E-state index < -0.39 is 17.5 Å². The number of aryl methyl sites for hydroxylation is 1. The van der Waals surface area contributed by atoms with Crippen molar-refractivity contribution in [2.75, 3.05) is 19.4 Å². The molecule has 0 radical (unpaired) electrons. The van der Waals surface area contributed by atoms with Crippen LogP contribution in [-0.2, 0) is 13.3 Å². The van der Waals surface area contributed by atoms with Crippen LogP contribution in [0.5, 0.6) is 5.75 Å². The number of aromatic nitrogens is 4. The third-order valence-corrected chi connectivity index (χ3v) is 4.12. The first kappa shape index (κ1) is 21.0. The number of ether oxygens (including phenoxy) is 1. The predicted molar refractivity (Wildman–Crippen MR) is 103 cm³/mol. The monoisotopic (exact) mass is 418 g/mol. The summed E-state index contributed by atoms with van der Waals surface area (Å²) in [7, 11) is 3.21. The van der Waals surface area contributed by atoms with Gasteiger partial charge in [0, 0.05) is 32.9 Å². The van der Waals surface area contributed by atoms with E-state index in [9.17, 15) is 18.4 Å². The number of amides is 2. The Kier molecular flexibility index (Phi) is 6.09. The number of halogens is 2. The lowest BCUT2D eigenvalue weighted by molar-refractivity contribution is 0.0816. The average molecular weight is 418 g/mol. The number of hydrogen-bond acceptors (Lipinski definition) is 5. The van der Waals surface area contributed by atoms with Crippen molar-refractivity contribution in [3.8, 4) is 5.75 Å². The first-order chi connectivity index (χ1) is 14.3. The van der Waals surface area contributed by atoms with Gasteiger partial charge in [0.15, 0.2) is 24.0 Å². The van der Waals surface area contributed by atoms with Gasteiger partial charge in [0.1, 0.15) is 11.5 Å². The Balaban J connectivity index is 1.70. The van der Waals surface area contributed by atoms with E-state index in [0.717, 1.165) is 12.1 Å². The number of nitrogens with one attached hydrogen (secondary N) is 1. The van der Waals surface area contributed by atoms with Crippen molar-refractivity contribution in [2.45, 2.75) is 20.2 Å². The molecule has 30 heavy (non-hydrogen) atoms. The van der Waals surface area contributed by atoms with Crippen molar-refractivity contribution in [1.29, 1.82) is 0 Å². The van der Waals surface area contributed by atoms with Crippen LogP contribution in [0.4, 0.5) is 14.5 Å². The van der Waals surface area contributed by atoms with Gasteiger partial charge in [-0.05, 0) is 25.1 Å². The van der Waals surface area contributed by atoms with Crippen LogP contribution in [0.3, 0.4) is 0 Å². The van der Waals surface area contributed by atoms with Gasteiger partial charge in [0.05, 0.1) is 11.9 Å². The molecule has 0 aliphatic carbocycles. The lowest BCUT2D eigenvalue weighted by atomic mass is 10.3. The maximum Gasteiger partial charge on any atom is 0.276 e. The van der Waals surface area contributed by atoms with Crippen LogP contribution in [0.15, 0.2) is 36.7 Å². The molecule has 0 spiro atoms. The maximum absolute atomic E-state index is 13.6. The average Bonchev–Trinajstić information content (AvgIpc) is 3.33. The summed E-state index contributed by atoms with van der Waals surface area (Å²) >= 11 is 0. The number of anilines is 1. The molecule has 0 aliphatic rings. The topological polar surface area (TPSA) is 94.3 Å². The zero-order valence-electron chi connectivity index (χ0n) is 16.6. The first-order valence-electron chi connectivity index (χ1n) is 9.00. The second-order valence-corrected chi connectivity index (χ2v) is 6.46. The Morgan fingerprint density at radius 3 is 2.67 bits per heavy atom. The fraction of sp³-hybridized carbons (Fsp3) is 0.263. The molecule has 0 fully saturated rings. The molecule has 0 bridgehead atoms. The Bertz CT molecular complexity index is 1080. The summed E-state index contributed by atoms with van der Waals surface area (Å²) in [5.41, 5.74) is 0.579. The smallest absolute Gasteiger partial charge is 0.276 e. The SMILES string of the molecule is CCn1ncc(NC(=O)c2ccn(COc3ccc(F)cc3F)n2)c1C(=O)N(C)C. The van der Waals surface area contributed by atoms with Crippen LogP contribution in [0.1, 0.15) is 27.9 Å². The van der Waals surface area contributed by atoms with E-state index in [1.54, 1.807) is 14.1 Å². The minimum absolute atomic E-state index is 0.0608. The number of carbonyl (C=O) groups is 2. The Labute approximate surface area is 170 Å². The molecule has 0 unspecified atom stereocenters. The van der Waals surface area contributed by atoms with Crippen LogP contribution in [0, 0.1) is 11.6 Å². The van der Waals surface area contributed by atoms with Gasteiger partial charge in [-0.25, -0.2) is 13.5 Å². The van der Waals surface area contributed by atoms with E-state index in [0.29, 0.717) is 12.6 Å². The van der Waals surface area contributed by atoms with E-state index >= 15 is 0 Å². The first-order valence-corrected chi connectivity index (χ1v) is 9.00. The lowest BCUT2D eigenvalue weighted by Crippen LogP contribution is -2.26. The number of carbonyl (C=O) groups excluding carboxylic acids is 2. The number of rotatable bonds is 7. The molecule has 2 heterocycles. The van der Waals surface area contributed by atoms with Gasteiger partial charge in [0.25, 0.3) is 11.8 Å². The standard InChI is InChI=1S/C19H20F2N6O3/c1-4-27-17(19(29)25(2)3)15(10-22-27)23-18(28)14-7-8-26(24-14)11-30-16-6-5-12(20)9-13(16)21/h5-10H,4,11H2,1-3H3,(H,23,28). The van der Waals surface area contributed by atoms with Gasteiger partial charge in [-0.3, -0.25) is 14.3 Å². The van der Waals surface area contributed by atoms with Crippen LogP contribution in [0.25, 0.3) is 0 Å². The van der Waals surface area contributed by atoms with Gasteiger partial charge < -0.3 is 15.0 Å². The molecule has 11 heteroatoms. The maximum atomic E-state index is 13.6. The highest BCUT2D eigenvalue weighted by Gasteiger charge is 2.22. The van der Waals surface area contributed by atoms with E-state index in [1.807, 2.05) is 6.92 Å². The van der Waals surface area contributed by atoms with Crippen LogP contribution in [0.2, 0.25) is 0 Å². The molecular weight excluding hydrogens is 398 g/mol. The number of hydrogen-bond donors (Lipinski definition) is 1. The Hall–Kier alpha value is -3.76.